The molecule has 0 unspecified atom stereocenters. The van der Waals surface area contributed by atoms with Crippen LogP contribution < -0.4 is 17.0 Å². The number of quaternary nitrogens is 2. The summed E-state index contributed by atoms with van der Waals surface area (Å²) in [5, 5.41) is 0. The van der Waals surface area contributed by atoms with Gasteiger partial charge in [-0.15, -0.1) is 0 Å². The van der Waals surface area contributed by atoms with Gasteiger partial charge in [0.1, 0.15) is 5.69 Å². The first-order valence-electron chi connectivity index (χ1n) is 2.78. The first-order chi connectivity index (χ1) is 4.34. The van der Waals surface area contributed by atoms with Crippen LogP contribution in [0.1, 0.15) is 0 Å². The second kappa shape index (κ2) is 2.48. The van der Waals surface area contributed by atoms with Gasteiger partial charge in [-0.2, -0.15) is 0 Å². The largest absolute Gasteiger partial charge is 0.323 e. The van der Waals surface area contributed by atoms with Gasteiger partial charge in [0.25, 0.3) is 0 Å². The fraction of sp³-hybridized carbons (Fsp3) is 0. The van der Waals surface area contributed by atoms with E-state index in [1.54, 1.807) is 0 Å². The molecule has 0 aromatic heterocycles. The topological polar surface area (TPSA) is 67.3 Å². The smallest absolute Gasteiger partial charge is 0.156 e. The van der Waals surface area contributed by atoms with Crippen molar-refractivity contribution >= 4 is 11.4 Å². The van der Waals surface area contributed by atoms with Gasteiger partial charge in [0.15, 0.2) is 5.69 Å². The highest BCUT2D eigenvalue weighted by Gasteiger charge is 1.96. The molecule has 7 N–H and O–H groups in total. The molecule has 1 aromatic rings. The molecule has 0 atom stereocenters. The first kappa shape index (κ1) is 6.07. The molecule has 48 valence electrons. The van der Waals surface area contributed by atoms with Crippen LogP contribution in [-0.4, -0.2) is 0 Å². The molecule has 3 nitrogen and oxygen atoms in total. The van der Waals surface area contributed by atoms with E-state index < -0.39 is 0 Å². The Kier molecular flexibility index (Phi) is 1.67. The van der Waals surface area contributed by atoms with Crippen molar-refractivity contribution in [2.45, 2.75) is 0 Å². The number of para-hydroxylation sites is 1. The quantitative estimate of drug-likeness (QED) is 0.419. The molecule has 0 amide bonds. The van der Waals surface area contributed by atoms with Crippen molar-refractivity contribution in [3.63, 3.8) is 0 Å². The normalized spacial score (nSPS) is 9.11. The Balaban J connectivity index is 3.01. The van der Waals surface area contributed by atoms with Crippen LogP contribution in [-0.2, 0) is 0 Å². The third kappa shape index (κ3) is 1.19. The highest BCUT2D eigenvalue weighted by Crippen LogP contribution is 2.11. The van der Waals surface area contributed by atoms with E-state index in [-0.39, 0.29) is 0 Å². The molecule has 0 fully saturated rings. The van der Waals surface area contributed by atoms with Gasteiger partial charge in [0.05, 0.1) is 0 Å². The maximum atomic E-state index is 3.79. The number of anilines is 1. The van der Waals surface area contributed by atoms with Gasteiger partial charge in [-0.1, -0.05) is 12.1 Å². The molecule has 1 aromatic carbocycles. The van der Waals surface area contributed by atoms with E-state index in [1.165, 1.54) is 0 Å². The lowest BCUT2D eigenvalue weighted by Crippen LogP contribution is -2.57. The Morgan fingerprint density at radius 2 is 1.89 bits per heavy atom. The van der Waals surface area contributed by atoms with Gasteiger partial charge in [-0.05, 0) is 6.07 Å². The summed E-state index contributed by atoms with van der Waals surface area (Å²) in [6.07, 6.45) is 0. The molecule has 0 aliphatic carbocycles. The summed E-state index contributed by atoms with van der Waals surface area (Å²) < 4.78 is 0. The Morgan fingerprint density at radius 3 is 2.33 bits per heavy atom. The molecule has 0 aliphatic rings. The molecule has 0 radical (unpaired) electrons. The fourth-order valence-corrected chi connectivity index (χ4v) is 0.693. The van der Waals surface area contributed by atoms with Gasteiger partial charge in [-0.25, -0.2) is 5.43 Å². The van der Waals surface area contributed by atoms with E-state index in [2.05, 4.69) is 17.0 Å². The highest BCUT2D eigenvalue weighted by atomic mass is 15.2. The van der Waals surface area contributed by atoms with Crippen LogP contribution in [0.25, 0.3) is 0 Å². The minimum Gasteiger partial charge on any atom is -0.323 e. The van der Waals surface area contributed by atoms with E-state index in [4.69, 9.17) is 0 Å². The van der Waals surface area contributed by atoms with Crippen LogP contribution in [0.4, 0.5) is 11.4 Å². The van der Waals surface area contributed by atoms with E-state index in [9.17, 15) is 0 Å². The van der Waals surface area contributed by atoms with E-state index in [0.29, 0.717) is 0 Å². The summed E-state index contributed by atoms with van der Waals surface area (Å²) in [6.45, 7) is 0. The minimum atomic E-state index is 0.979. The Bertz CT molecular complexity index is 197. The molecule has 0 spiro atoms. The highest BCUT2D eigenvalue weighted by molar-refractivity contribution is 5.58. The van der Waals surface area contributed by atoms with Crippen molar-refractivity contribution in [3.8, 4) is 0 Å². The average Bonchev–Trinajstić information content (AvgIpc) is 1.89. The van der Waals surface area contributed by atoms with Crippen LogP contribution in [0, 0.1) is 0 Å². The maximum absolute atomic E-state index is 3.79. The zero-order valence-corrected chi connectivity index (χ0v) is 5.22. The lowest BCUT2D eigenvalue weighted by molar-refractivity contribution is -0.327. The summed E-state index contributed by atoms with van der Waals surface area (Å²) in [5.74, 6) is 3.53. The molecule has 0 aliphatic heterocycles. The first-order valence-corrected chi connectivity index (χ1v) is 2.78. The van der Waals surface area contributed by atoms with Gasteiger partial charge in [-0.3, -0.25) is 5.84 Å². The summed E-state index contributed by atoms with van der Waals surface area (Å²) in [6, 6.07) is 7.77. The van der Waals surface area contributed by atoms with Crippen LogP contribution in [0.15, 0.2) is 24.3 Å². The predicted molar refractivity (Wildman–Crippen MR) is 35.5 cm³/mol. The minimum absolute atomic E-state index is 0.979. The van der Waals surface area contributed by atoms with Crippen LogP contribution >= 0.6 is 0 Å². The van der Waals surface area contributed by atoms with Crippen molar-refractivity contribution in [2.75, 3.05) is 5.43 Å². The summed E-state index contributed by atoms with van der Waals surface area (Å²) in [7, 11) is 0. The van der Waals surface area contributed by atoms with E-state index in [1.807, 2.05) is 24.3 Å². The lowest BCUT2D eigenvalue weighted by Gasteiger charge is -1.94. The second-order valence-electron chi connectivity index (χ2n) is 1.83. The number of nitrogens with one attached hydrogen (secondary N) is 1. The molecular formula is C6H11N3+2. The standard InChI is InChI=1S/C6H9N3/c7-5-3-1-2-4-6(5)9-8/h1-4,9H,7-8H2/p+2. The van der Waals surface area contributed by atoms with Crippen molar-refractivity contribution < 1.29 is 11.6 Å². The fourth-order valence-electron chi connectivity index (χ4n) is 0.693. The van der Waals surface area contributed by atoms with Gasteiger partial charge < -0.3 is 5.73 Å². The van der Waals surface area contributed by atoms with Gasteiger partial charge in [0, 0.05) is 6.07 Å². The molecule has 0 saturated carbocycles. The Labute approximate surface area is 53.6 Å². The third-order valence-corrected chi connectivity index (χ3v) is 1.21. The van der Waals surface area contributed by atoms with Crippen molar-refractivity contribution in [3.05, 3.63) is 24.3 Å². The zero-order valence-electron chi connectivity index (χ0n) is 5.22. The molecule has 3 heteroatoms. The molecule has 0 saturated heterocycles. The predicted octanol–water partition coefficient (Wildman–Crippen LogP) is -0.871. The van der Waals surface area contributed by atoms with Crippen LogP contribution in [0.5, 0.6) is 0 Å². The second-order valence-corrected chi connectivity index (χ2v) is 1.83. The maximum Gasteiger partial charge on any atom is 0.156 e. The van der Waals surface area contributed by atoms with Gasteiger partial charge >= 0.3 is 0 Å². The number of hydrogen-bond acceptors (Lipinski definition) is 1. The molecule has 0 bridgehead atoms. The average molecular weight is 125 g/mol. The Hall–Kier alpha value is -1.06. The number of benzene rings is 1. The molecule has 1 rings (SSSR count). The SMILES string of the molecule is [NH3+]Nc1ccccc1[NH3+]. The molecular weight excluding hydrogens is 114 g/mol. The summed E-state index contributed by atoms with van der Waals surface area (Å²) in [4.78, 5) is 0. The van der Waals surface area contributed by atoms with E-state index >= 15 is 0 Å². The van der Waals surface area contributed by atoms with Crippen LogP contribution in [0.2, 0.25) is 0 Å². The van der Waals surface area contributed by atoms with Crippen LogP contribution in [0.3, 0.4) is 0 Å². The number of hydrogen-bond donors (Lipinski definition) is 3. The molecule has 9 heavy (non-hydrogen) atoms. The molecule has 0 heterocycles. The summed E-state index contributed by atoms with van der Waals surface area (Å²) in [5.41, 5.74) is 8.53. The van der Waals surface area contributed by atoms with E-state index in [0.717, 1.165) is 11.4 Å². The zero-order chi connectivity index (χ0) is 6.69. The van der Waals surface area contributed by atoms with Crippen molar-refractivity contribution in [2.24, 2.45) is 0 Å². The Morgan fingerprint density at radius 1 is 1.22 bits per heavy atom. The lowest BCUT2D eigenvalue weighted by atomic mass is 10.3. The van der Waals surface area contributed by atoms with Crippen molar-refractivity contribution in [1.29, 1.82) is 0 Å². The van der Waals surface area contributed by atoms with Crippen molar-refractivity contribution in [1.82, 2.24) is 0 Å². The third-order valence-electron chi connectivity index (χ3n) is 1.21. The summed E-state index contributed by atoms with van der Waals surface area (Å²) >= 11 is 0. The monoisotopic (exact) mass is 125 g/mol. The number of rotatable bonds is 1. The van der Waals surface area contributed by atoms with Gasteiger partial charge in [0.2, 0.25) is 0 Å².